The third kappa shape index (κ3) is 3.96. The molecule has 0 saturated heterocycles. The molecule has 0 aliphatic heterocycles. The van der Waals surface area contributed by atoms with E-state index < -0.39 is 6.04 Å². The Morgan fingerprint density at radius 2 is 1.93 bits per heavy atom. The van der Waals surface area contributed by atoms with Crippen molar-refractivity contribution < 1.29 is 9.53 Å². The maximum atomic E-state index is 13.3. The van der Waals surface area contributed by atoms with Gasteiger partial charge in [0.25, 0.3) is 5.56 Å². The van der Waals surface area contributed by atoms with Crippen LogP contribution < -0.4 is 5.56 Å². The first-order valence-electron chi connectivity index (χ1n) is 9.92. The van der Waals surface area contributed by atoms with Gasteiger partial charge in [-0.25, -0.2) is 9.78 Å². The average molecular weight is 431 g/mol. The van der Waals surface area contributed by atoms with Crippen molar-refractivity contribution in [3.63, 3.8) is 0 Å². The van der Waals surface area contributed by atoms with Crippen molar-refractivity contribution in [3.05, 3.63) is 50.8 Å². The molecule has 0 spiro atoms. The van der Waals surface area contributed by atoms with E-state index in [0.29, 0.717) is 15.2 Å². The van der Waals surface area contributed by atoms with Gasteiger partial charge in [0.2, 0.25) is 0 Å². The van der Waals surface area contributed by atoms with E-state index in [9.17, 15) is 9.59 Å². The summed E-state index contributed by atoms with van der Waals surface area (Å²) in [6.07, 6.45) is 6.56. The molecule has 1 saturated carbocycles. The lowest BCUT2D eigenvalue weighted by Crippen LogP contribution is -2.32. The van der Waals surface area contributed by atoms with Crippen molar-refractivity contribution in [1.82, 2.24) is 9.55 Å². The first-order valence-corrected chi connectivity index (χ1v) is 11.1. The van der Waals surface area contributed by atoms with E-state index in [2.05, 4.69) is 4.98 Å². The highest BCUT2D eigenvalue weighted by Crippen LogP contribution is 2.36. The van der Waals surface area contributed by atoms with E-state index in [-0.39, 0.29) is 17.6 Å². The summed E-state index contributed by atoms with van der Waals surface area (Å²) in [6.45, 7) is 3.67. The molecular weight excluding hydrogens is 408 g/mol. The first kappa shape index (κ1) is 20.1. The highest BCUT2D eigenvalue weighted by atomic mass is 35.5. The lowest BCUT2D eigenvalue weighted by atomic mass is 9.98. The molecule has 0 amide bonds. The minimum absolute atomic E-state index is 0.0425. The molecule has 29 heavy (non-hydrogen) atoms. The van der Waals surface area contributed by atoms with E-state index in [0.717, 1.165) is 41.7 Å². The molecule has 7 heteroatoms. The van der Waals surface area contributed by atoms with Gasteiger partial charge < -0.3 is 4.74 Å². The van der Waals surface area contributed by atoms with Gasteiger partial charge in [-0.05, 0) is 57.2 Å². The van der Waals surface area contributed by atoms with Crippen molar-refractivity contribution in [2.24, 2.45) is 0 Å². The summed E-state index contributed by atoms with van der Waals surface area (Å²) in [4.78, 5) is 32.1. The third-order valence-electron chi connectivity index (χ3n) is 5.54. The Balaban J connectivity index is 1.71. The van der Waals surface area contributed by atoms with Crippen LogP contribution >= 0.6 is 22.9 Å². The van der Waals surface area contributed by atoms with Crippen molar-refractivity contribution in [2.45, 2.75) is 58.1 Å². The van der Waals surface area contributed by atoms with Gasteiger partial charge in [0.05, 0.1) is 11.7 Å². The molecule has 1 unspecified atom stereocenters. The molecular formula is C22H23ClN2O3S. The summed E-state index contributed by atoms with van der Waals surface area (Å²) < 4.78 is 7.06. The second-order valence-corrected chi connectivity index (χ2v) is 9.19. The maximum absolute atomic E-state index is 13.3. The number of nitrogens with zero attached hydrogens (tertiary/aromatic N) is 2. The number of esters is 1. The van der Waals surface area contributed by atoms with Crippen LogP contribution in [-0.4, -0.2) is 21.6 Å². The minimum atomic E-state index is -0.723. The highest BCUT2D eigenvalue weighted by Gasteiger charge is 2.25. The summed E-state index contributed by atoms with van der Waals surface area (Å²) in [5, 5.41) is 1.18. The van der Waals surface area contributed by atoms with E-state index in [1.54, 1.807) is 19.1 Å². The van der Waals surface area contributed by atoms with E-state index in [1.807, 2.05) is 19.1 Å². The van der Waals surface area contributed by atoms with Gasteiger partial charge in [-0.1, -0.05) is 30.2 Å². The zero-order chi connectivity index (χ0) is 20.5. The molecule has 2 aromatic heterocycles. The number of aromatic nitrogens is 2. The number of fused-ring (bicyclic) bond motifs is 1. The molecule has 1 aliphatic carbocycles. The Kier molecular flexibility index (Phi) is 5.74. The fraction of sp³-hybridized carbons (Fsp3) is 0.409. The highest BCUT2D eigenvalue weighted by molar-refractivity contribution is 7.19. The van der Waals surface area contributed by atoms with Crippen molar-refractivity contribution in [1.29, 1.82) is 0 Å². The number of halogens is 1. The topological polar surface area (TPSA) is 61.2 Å². The number of aryl methyl sites for hydroxylation is 1. The standard InChI is InChI=1S/C22H23ClN2O3S/c1-13(22(27)28-17-6-4-3-5-7-17)25-12-24-20-19(21(25)26)18(14(2)29-20)15-8-10-16(23)11-9-15/h8-13,17H,3-7H2,1-2H3. The Morgan fingerprint density at radius 3 is 2.62 bits per heavy atom. The van der Waals surface area contributed by atoms with Gasteiger partial charge in [0.15, 0.2) is 0 Å². The molecule has 2 heterocycles. The number of hydrogen-bond donors (Lipinski definition) is 0. The van der Waals surface area contributed by atoms with Crippen LogP contribution in [0.15, 0.2) is 35.4 Å². The van der Waals surface area contributed by atoms with Gasteiger partial charge in [-0.2, -0.15) is 0 Å². The Labute approximate surface area is 178 Å². The van der Waals surface area contributed by atoms with Gasteiger partial charge in [-0.3, -0.25) is 9.36 Å². The SMILES string of the molecule is Cc1sc2ncn(C(C)C(=O)OC3CCCCC3)c(=O)c2c1-c1ccc(Cl)cc1. The van der Waals surface area contributed by atoms with Gasteiger partial charge in [-0.15, -0.1) is 11.3 Å². The van der Waals surface area contributed by atoms with E-state index in [1.165, 1.54) is 28.7 Å². The number of thiophene rings is 1. The largest absolute Gasteiger partial charge is 0.461 e. The second-order valence-electron chi connectivity index (χ2n) is 7.55. The predicted molar refractivity (Wildman–Crippen MR) is 117 cm³/mol. The maximum Gasteiger partial charge on any atom is 0.329 e. The molecule has 5 nitrogen and oxygen atoms in total. The summed E-state index contributed by atoms with van der Waals surface area (Å²) in [5.41, 5.74) is 1.53. The molecule has 3 aromatic rings. The Hall–Kier alpha value is -2.18. The fourth-order valence-electron chi connectivity index (χ4n) is 3.91. The fourth-order valence-corrected chi connectivity index (χ4v) is 5.04. The second kappa shape index (κ2) is 8.28. The summed E-state index contributed by atoms with van der Waals surface area (Å²) >= 11 is 7.49. The van der Waals surface area contributed by atoms with E-state index in [4.69, 9.17) is 16.3 Å². The number of carbonyl (C=O) groups excluding carboxylic acids is 1. The van der Waals surface area contributed by atoms with Crippen molar-refractivity contribution >= 4 is 39.1 Å². The smallest absolute Gasteiger partial charge is 0.329 e. The number of rotatable bonds is 4. The van der Waals surface area contributed by atoms with Crippen LogP contribution in [0.3, 0.4) is 0 Å². The lowest BCUT2D eigenvalue weighted by molar-refractivity contribution is -0.154. The van der Waals surface area contributed by atoms with Crippen LogP contribution in [0.1, 0.15) is 49.9 Å². The van der Waals surface area contributed by atoms with Gasteiger partial charge in [0, 0.05) is 15.5 Å². The molecule has 1 aromatic carbocycles. The van der Waals surface area contributed by atoms with Crippen LogP contribution in [0.25, 0.3) is 21.3 Å². The third-order valence-corrected chi connectivity index (χ3v) is 6.80. The molecule has 1 atom stereocenters. The number of ether oxygens (including phenoxy) is 1. The zero-order valence-electron chi connectivity index (χ0n) is 16.5. The number of hydrogen-bond acceptors (Lipinski definition) is 5. The zero-order valence-corrected chi connectivity index (χ0v) is 18.1. The summed E-state index contributed by atoms with van der Waals surface area (Å²) in [7, 11) is 0. The lowest BCUT2D eigenvalue weighted by Gasteiger charge is -2.24. The molecule has 1 fully saturated rings. The molecule has 0 radical (unpaired) electrons. The quantitative estimate of drug-likeness (QED) is 0.511. The average Bonchev–Trinajstić information content (AvgIpc) is 3.06. The van der Waals surface area contributed by atoms with Gasteiger partial charge in [0.1, 0.15) is 17.0 Å². The van der Waals surface area contributed by atoms with Crippen LogP contribution in [0, 0.1) is 6.92 Å². The number of benzene rings is 1. The Bertz CT molecular complexity index is 1100. The van der Waals surface area contributed by atoms with Crippen LogP contribution in [0.5, 0.6) is 0 Å². The molecule has 1 aliphatic rings. The molecule has 4 rings (SSSR count). The molecule has 0 N–H and O–H groups in total. The Morgan fingerprint density at radius 1 is 1.24 bits per heavy atom. The normalized spacial score (nSPS) is 16.1. The molecule has 0 bridgehead atoms. The predicted octanol–water partition coefficient (Wildman–Crippen LogP) is 5.52. The van der Waals surface area contributed by atoms with Crippen molar-refractivity contribution in [3.8, 4) is 11.1 Å². The van der Waals surface area contributed by atoms with Gasteiger partial charge >= 0.3 is 5.97 Å². The minimum Gasteiger partial charge on any atom is -0.461 e. The monoisotopic (exact) mass is 430 g/mol. The first-order chi connectivity index (χ1) is 14.0. The summed E-state index contributed by atoms with van der Waals surface area (Å²) in [6, 6.07) is 6.68. The van der Waals surface area contributed by atoms with Crippen LogP contribution in [0.2, 0.25) is 5.02 Å². The van der Waals surface area contributed by atoms with Crippen LogP contribution in [-0.2, 0) is 9.53 Å². The van der Waals surface area contributed by atoms with Crippen LogP contribution in [0.4, 0.5) is 0 Å². The molecule has 152 valence electrons. The summed E-state index contributed by atoms with van der Waals surface area (Å²) in [5.74, 6) is -0.375. The van der Waals surface area contributed by atoms with E-state index >= 15 is 0 Å². The number of carbonyl (C=O) groups is 1. The van der Waals surface area contributed by atoms with Crippen molar-refractivity contribution in [2.75, 3.05) is 0 Å².